The van der Waals surface area contributed by atoms with Crippen LogP contribution in [0.25, 0.3) is 0 Å². The van der Waals surface area contributed by atoms with Crippen LogP contribution in [0, 0.1) is 5.92 Å². The number of sulfonamides is 1. The minimum Gasteiger partial charge on any atom is -0.438 e. The summed E-state index contributed by atoms with van der Waals surface area (Å²) in [7, 11) is -3.75. The van der Waals surface area contributed by atoms with Crippen LogP contribution < -0.4 is 5.32 Å². The molecule has 9 heteroatoms. The van der Waals surface area contributed by atoms with E-state index in [9.17, 15) is 13.2 Å². The fourth-order valence-electron chi connectivity index (χ4n) is 3.89. The first-order valence-electron chi connectivity index (χ1n) is 9.58. The molecule has 0 bridgehead atoms. The lowest BCUT2D eigenvalue weighted by Crippen LogP contribution is -2.40. The smallest absolute Gasteiger partial charge is 0.287 e. The highest BCUT2D eigenvalue weighted by Gasteiger charge is 2.32. The standard InChI is InChI=1S/C19H24N2O5S2/c22-19(20-18(14-4-1-2-5-14)16-6-3-13-27-16)15-7-8-17(26-15)28(23,24)21-9-11-25-12-10-21/h3,6-8,13-14,18H,1-2,4-5,9-12H2,(H,20,22)/t18-/m1/s1. The molecule has 0 radical (unpaired) electrons. The molecule has 0 spiro atoms. The van der Waals surface area contributed by atoms with Gasteiger partial charge >= 0.3 is 0 Å². The van der Waals surface area contributed by atoms with Crippen molar-refractivity contribution >= 4 is 27.3 Å². The number of ether oxygens (including phenoxy) is 1. The zero-order valence-corrected chi connectivity index (χ0v) is 17.1. The van der Waals surface area contributed by atoms with Crippen LogP contribution >= 0.6 is 11.3 Å². The number of amides is 1. The molecular weight excluding hydrogens is 400 g/mol. The second-order valence-corrected chi connectivity index (χ2v) is 9.99. The Morgan fingerprint density at radius 3 is 2.61 bits per heavy atom. The highest BCUT2D eigenvalue weighted by Crippen LogP contribution is 2.37. The number of hydrogen-bond acceptors (Lipinski definition) is 6. The van der Waals surface area contributed by atoms with Crippen LogP contribution in [0.1, 0.15) is 47.2 Å². The van der Waals surface area contributed by atoms with E-state index >= 15 is 0 Å². The number of thiophene rings is 1. The minimum absolute atomic E-state index is 0.0198. The Kier molecular flexibility index (Phi) is 5.86. The predicted molar refractivity (Wildman–Crippen MR) is 105 cm³/mol. The number of hydrogen-bond donors (Lipinski definition) is 1. The van der Waals surface area contributed by atoms with Crippen molar-refractivity contribution in [3.05, 3.63) is 40.3 Å². The Labute approximate surface area is 168 Å². The zero-order chi connectivity index (χ0) is 19.6. The molecule has 2 aliphatic rings. The summed E-state index contributed by atoms with van der Waals surface area (Å²) in [5.41, 5.74) is 0. The van der Waals surface area contributed by atoms with E-state index in [1.54, 1.807) is 11.3 Å². The van der Waals surface area contributed by atoms with E-state index in [0.29, 0.717) is 19.1 Å². The molecule has 1 aliphatic heterocycles. The first kappa shape index (κ1) is 19.6. The largest absolute Gasteiger partial charge is 0.438 e. The Hall–Kier alpha value is -1.68. The molecule has 2 aromatic heterocycles. The van der Waals surface area contributed by atoms with Crippen molar-refractivity contribution < 1.29 is 22.4 Å². The van der Waals surface area contributed by atoms with Crippen LogP contribution in [0.3, 0.4) is 0 Å². The maximum Gasteiger partial charge on any atom is 0.287 e. The average molecular weight is 425 g/mol. The quantitative estimate of drug-likeness (QED) is 0.770. The van der Waals surface area contributed by atoms with Gasteiger partial charge in [-0.05, 0) is 42.3 Å². The van der Waals surface area contributed by atoms with E-state index in [1.807, 2.05) is 17.5 Å². The lowest BCUT2D eigenvalue weighted by atomic mass is 9.96. The summed E-state index contributed by atoms with van der Waals surface area (Å²) < 4.78 is 37.4. The van der Waals surface area contributed by atoms with Gasteiger partial charge in [-0.25, -0.2) is 8.42 Å². The van der Waals surface area contributed by atoms with Crippen molar-refractivity contribution in [2.75, 3.05) is 26.3 Å². The number of furan rings is 1. The van der Waals surface area contributed by atoms with Gasteiger partial charge in [-0.2, -0.15) is 4.31 Å². The van der Waals surface area contributed by atoms with Gasteiger partial charge in [0, 0.05) is 18.0 Å². The Morgan fingerprint density at radius 2 is 1.93 bits per heavy atom. The fourth-order valence-corrected chi connectivity index (χ4v) is 6.08. The number of morpholine rings is 1. The average Bonchev–Trinajstić information content (AvgIpc) is 3.49. The van der Waals surface area contributed by atoms with E-state index in [0.717, 1.165) is 17.7 Å². The molecule has 0 unspecified atom stereocenters. The Morgan fingerprint density at radius 1 is 1.18 bits per heavy atom. The number of nitrogens with one attached hydrogen (secondary N) is 1. The molecule has 3 heterocycles. The number of nitrogens with zero attached hydrogens (tertiary/aromatic N) is 1. The van der Waals surface area contributed by atoms with Gasteiger partial charge in [0.05, 0.1) is 19.3 Å². The molecule has 1 amide bonds. The van der Waals surface area contributed by atoms with Gasteiger partial charge in [0.25, 0.3) is 15.9 Å². The van der Waals surface area contributed by atoms with E-state index in [-0.39, 0.29) is 35.9 Å². The Balaban J connectivity index is 1.50. The van der Waals surface area contributed by atoms with E-state index in [4.69, 9.17) is 9.15 Å². The van der Waals surface area contributed by atoms with Crippen molar-refractivity contribution in [3.8, 4) is 0 Å². The van der Waals surface area contributed by atoms with Crippen LogP contribution in [0.15, 0.2) is 39.2 Å². The van der Waals surface area contributed by atoms with Crippen LogP contribution in [0.2, 0.25) is 0 Å². The van der Waals surface area contributed by atoms with Crippen molar-refractivity contribution in [1.29, 1.82) is 0 Å². The molecule has 152 valence electrons. The van der Waals surface area contributed by atoms with Gasteiger partial charge in [0.15, 0.2) is 5.76 Å². The molecule has 2 fully saturated rings. The molecule has 2 aromatic rings. The summed E-state index contributed by atoms with van der Waals surface area (Å²) in [5.74, 6) is 0.0363. The summed E-state index contributed by atoms with van der Waals surface area (Å²) in [6.07, 6.45) is 4.51. The normalized spacial score (nSPS) is 20.3. The minimum atomic E-state index is -3.75. The van der Waals surface area contributed by atoms with Gasteiger partial charge in [-0.3, -0.25) is 4.79 Å². The third-order valence-electron chi connectivity index (χ3n) is 5.38. The molecule has 4 rings (SSSR count). The molecule has 1 atom stereocenters. The third-order valence-corrected chi connectivity index (χ3v) is 8.11. The highest BCUT2D eigenvalue weighted by atomic mass is 32.2. The molecule has 1 saturated carbocycles. The van der Waals surface area contributed by atoms with Crippen molar-refractivity contribution in [2.24, 2.45) is 5.92 Å². The molecule has 0 aromatic carbocycles. The molecule has 7 nitrogen and oxygen atoms in total. The lowest BCUT2D eigenvalue weighted by Gasteiger charge is -2.24. The highest BCUT2D eigenvalue weighted by molar-refractivity contribution is 7.89. The summed E-state index contributed by atoms with van der Waals surface area (Å²) in [6, 6.07) is 6.73. The maximum atomic E-state index is 12.8. The number of carbonyl (C=O) groups excluding carboxylic acids is 1. The van der Waals surface area contributed by atoms with Gasteiger partial charge in [-0.1, -0.05) is 18.9 Å². The van der Waals surface area contributed by atoms with E-state index in [1.165, 1.54) is 29.3 Å². The first-order chi connectivity index (χ1) is 13.6. The number of rotatable bonds is 6. The van der Waals surface area contributed by atoms with Gasteiger partial charge < -0.3 is 14.5 Å². The molecule has 1 saturated heterocycles. The van der Waals surface area contributed by atoms with Crippen LogP contribution in [-0.4, -0.2) is 44.9 Å². The van der Waals surface area contributed by atoms with Crippen LogP contribution in [0.4, 0.5) is 0 Å². The molecule has 1 N–H and O–H groups in total. The predicted octanol–water partition coefficient (Wildman–Crippen LogP) is 3.02. The zero-order valence-electron chi connectivity index (χ0n) is 15.5. The first-order valence-corrected chi connectivity index (χ1v) is 11.9. The summed E-state index contributed by atoms with van der Waals surface area (Å²) >= 11 is 1.62. The van der Waals surface area contributed by atoms with Crippen molar-refractivity contribution in [2.45, 2.75) is 36.8 Å². The van der Waals surface area contributed by atoms with Crippen molar-refractivity contribution in [1.82, 2.24) is 9.62 Å². The lowest BCUT2D eigenvalue weighted by molar-refractivity contribution is 0.0722. The van der Waals surface area contributed by atoms with E-state index < -0.39 is 10.0 Å². The molecular formula is C19H24N2O5S2. The number of carbonyl (C=O) groups is 1. The Bertz CT molecular complexity index is 895. The second kappa shape index (κ2) is 8.36. The maximum absolute atomic E-state index is 12.8. The van der Waals surface area contributed by atoms with Gasteiger partial charge in [0.1, 0.15) is 0 Å². The third kappa shape index (κ3) is 4.03. The topological polar surface area (TPSA) is 88.9 Å². The summed E-state index contributed by atoms with van der Waals surface area (Å²) in [6.45, 7) is 1.29. The van der Waals surface area contributed by atoms with Crippen LogP contribution in [-0.2, 0) is 14.8 Å². The summed E-state index contributed by atoms with van der Waals surface area (Å²) in [5, 5.41) is 4.87. The van der Waals surface area contributed by atoms with Crippen LogP contribution in [0.5, 0.6) is 0 Å². The monoisotopic (exact) mass is 424 g/mol. The van der Waals surface area contributed by atoms with Gasteiger partial charge in [0.2, 0.25) is 5.09 Å². The summed E-state index contributed by atoms with van der Waals surface area (Å²) in [4.78, 5) is 13.9. The molecule has 1 aliphatic carbocycles. The van der Waals surface area contributed by atoms with Crippen molar-refractivity contribution in [3.63, 3.8) is 0 Å². The van der Waals surface area contributed by atoms with Gasteiger partial charge in [-0.15, -0.1) is 11.3 Å². The fraction of sp³-hybridized carbons (Fsp3) is 0.526. The second-order valence-electron chi connectivity index (χ2n) is 7.15. The van der Waals surface area contributed by atoms with E-state index in [2.05, 4.69) is 5.32 Å². The SMILES string of the molecule is O=C(N[C@@H](c1cccs1)C1CCCC1)c1ccc(S(=O)(=O)N2CCOCC2)o1. The molecule has 28 heavy (non-hydrogen) atoms.